The van der Waals surface area contributed by atoms with Crippen molar-refractivity contribution in [3.05, 3.63) is 58.7 Å². The van der Waals surface area contributed by atoms with Gasteiger partial charge in [0.15, 0.2) is 0 Å². The van der Waals surface area contributed by atoms with Gasteiger partial charge in [-0.05, 0) is 74.2 Å². The van der Waals surface area contributed by atoms with Gasteiger partial charge in [0.25, 0.3) is 0 Å². The number of aryl methyl sites for hydroxylation is 4. The van der Waals surface area contributed by atoms with Crippen LogP contribution in [0.2, 0.25) is 0 Å². The molecule has 140 valence electrons. The number of aliphatic hydroxyl groups excluding tert-OH is 2. The predicted octanol–water partition coefficient (Wildman–Crippen LogP) is 3.97. The third kappa shape index (κ3) is 12.5. The maximum atomic E-state index is 8.60. The van der Waals surface area contributed by atoms with Gasteiger partial charge in [-0.1, -0.05) is 28.1 Å². The molecule has 0 bridgehead atoms. The highest BCUT2D eigenvalue weighted by Crippen LogP contribution is 2.13. The second-order valence-electron chi connectivity index (χ2n) is 5.86. The number of alkyl halides is 1. The molecule has 2 aromatic carbocycles. The summed E-state index contributed by atoms with van der Waals surface area (Å²) < 4.78 is 0. The lowest BCUT2D eigenvalue weighted by Gasteiger charge is -2.06. The van der Waals surface area contributed by atoms with Gasteiger partial charge in [0.2, 0.25) is 0 Å². The first-order valence-corrected chi connectivity index (χ1v) is 9.38. The van der Waals surface area contributed by atoms with Gasteiger partial charge < -0.3 is 21.3 Å². The Labute approximate surface area is 160 Å². The van der Waals surface area contributed by atoms with E-state index in [9.17, 15) is 0 Å². The number of nitrogens with one attached hydrogen (secondary N) is 1. The highest BCUT2D eigenvalue weighted by Gasteiger charge is 1.93. The van der Waals surface area contributed by atoms with E-state index in [2.05, 4.69) is 59.4 Å². The van der Waals surface area contributed by atoms with E-state index in [0.717, 1.165) is 11.4 Å². The molecular formula is C20H31BrN2O2. The molecule has 0 saturated carbocycles. The molecule has 0 spiro atoms. The minimum absolute atomic E-state index is 0.174. The molecule has 0 amide bonds. The largest absolute Gasteiger partial charge is 0.399 e. The Bertz CT molecular complexity index is 546. The van der Waals surface area contributed by atoms with Gasteiger partial charge in [-0.3, -0.25) is 0 Å². The van der Waals surface area contributed by atoms with Crippen LogP contribution in [0.25, 0.3) is 0 Å². The van der Waals surface area contributed by atoms with Crippen molar-refractivity contribution < 1.29 is 10.2 Å². The molecule has 0 fully saturated rings. The van der Waals surface area contributed by atoms with Crippen LogP contribution in [-0.2, 0) is 0 Å². The zero-order chi connectivity index (χ0) is 19.2. The monoisotopic (exact) mass is 410 g/mol. The second kappa shape index (κ2) is 13.7. The van der Waals surface area contributed by atoms with Crippen LogP contribution in [0.3, 0.4) is 0 Å². The van der Waals surface area contributed by atoms with E-state index < -0.39 is 0 Å². The summed E-state index contributed by atoms with van der Waals surface area (Å²) in [5.41, 5.74) is 12.4. The minimum Gasteiger partial charge on any atom is -0.399 e. The summed E-state index contributed by atoms with van der Waals surface area (Å²) in [6.07, 6.45) is 0. The number of halogens is 1. The topological polar surface area (TPSA) is 78.5 Å². The Balaban J connectivity index is 0.000000391. The molecule has 0 aliphatic heterocycles. The summed E-state index contributed by atoms with van der Waals surface area (Å²) in [7, 11) is 0. The van der Waals surface area contributed by atoms with Gasteiger partial charge in [-0.25, -0.2) is 0 Å². The van der Waals surface area contributed by atoms with Crippen LogP contribution in [-0.4, -0.2) is 35.3 Å². The maximum absolute atomic E-state index is 8.60. The van der Waals surface area contributed by atoms with Gasteiger partial charge in [-0.15, -0.1) is 0 Å². The molecule has 0 unspecified atom stereocenters. The van der Waals surface area contributed by atoms with Crippen LogP contribution < -0.4 is 11.1 Å². The first-order chi connectivity index (χ1) is 11.8. The minimum atomic E-state index is 0.174. The Kier molecular flexibility index (Phi) is 12.8. The average Bonchev–Trinajstić information content (AvgIpc) is 2.51. The van der Waals surface area contributed by atoms with Crippen molar-refractivity contribution in [3.63, 3.8) is 0 Å². The number of aliphatic hydroxyl groups is 2. The van der Waals surface area contributed by atoms with Crippen molar-refractivity contribution in [1.29, 1.82) is 0 Å². The van der Waals surface area contributed by atoms with Crippen molar-refractivity contribution in [2.75, 3.05) is 36.1 Å². The van der Waals surface area contributed by atoms with Crippen LogP contribution in [0.4, 0.5) is 11.4 Å². The SMILES string of the molecule is Cc1cc(C)cc(N)c1.Cc1cc(C)cc(NCCO)c1.OCCBr. The van der Waals surface area contributed by atoms with Gasteiger partial charge in [0.1, 0.15) is 0 Å². The molecule has 2 rings (SSSR count). The highest BCUT2D eigenvalue weighted by atomic mass is 79.9. The summed E-state index contributed by atoms with van der Waals surface area (Å²) >= 11 is 3.00. The molecule has 25 heavy (non-hydrogen) atoms. The molecule has 0 radical (unpaired) electrons. The van der Waals surface area contributed by atoms with Crippen molar-refractivity contribution in [2.45, 2.75) is 27.7 Å². The third-order valence-electron chi connectivity index (χ3n) is 2.99. The fourth-order valence-corrected chi connectivity index (χ4v) is 2.29. The summed E-state index contributed by atoms with van der Waals surface area (Å²) in [6, 6.07) is 12.3. The number of nitrogens with two attached hydrogens (primary N) is 1. The third-order valence-corrected chi connectivity index (χ3v) is 3.35. The molecule has 5 heteroatoms. The number of nitrogen functional groups attached to an aromatic ring is 1. The summed E-state index contributed by atoms with van der Waals surface area (Å²) in [5.74, 6) is 0. The molecule has 2 aromatic rings. The Morgan fingerprint density at radius 1 is 0.800 bits per heavy atom. The van der Waals surface area contributed by atoms with Crippen LogP contribution in [0.15, 0.2) is 36.4 Å². The van der Waals surface area contributed by atoms with Crippen LogP contribution in [0.1, 0.15) is 22.3 Å². The smallest absolute Gasteiger partial charge is 0.0604 e. The van der Waals surface area contributed by atoms with E-state index in [1.165, 1.54) is 22.3 Å². The van der Waals surface area contributed by atoms with Crippen LogP contribution in [0, 0.1) is 27.7 Å². The molecule has 0 heterocycles. The lowest BCUT2D eigenvalue weighted by molar-refractivity contribution is 0.311. The molecule has 5 N–H and O–H groups in total. The number of anilines is 2. The molecule has 0 aromatic heterocycles. The normalized spacial score (nSPS) is 9.40. The summed E-state index contributed by atoms with van der Waals surface area (Å²) in [5, 5.41) is 20.2. The van der Waals surface area contributed by atoms with E-state index in [1.54, 1.807) is 0 Å². The molecule has 0 atom stereocenters. The van der Waals surface area contributed by atoms with Crippen molar-refractivity contribution in [2.24, 2.45) is 0 Å². The Hall–Kier alpha value is -1.56. The molecule has 0 aliphatic carbocycles. The van der Waals surface area contributed by atoms with Crippen LogP contribution in [0.5, 0.6) is 0 Å². The second-order valence-corrected chi connectivity index (χ2v) is 6.65. The van der Waals surface area contributed by atoms with E-state index in [0.29, 0.717) is 11.9 Å². The first kappa shape index (κ1) is 23.4. The average molecular weight is 411 g/mol. The predicted molar refractivity (Wildman–Crippen MR) is 113 cm³/mol. The molecule has 4 nitrogen and oxygen atoms in total. The Morgan fingerprint density at radius 2 is 1.20 bits per heavy atom. The zero-order valence-corrected chi connectivity index (χ0v) is 17.2. The van der Waals surface area contributed by atoms with Gasteiger partial charge in [0, 0.05) is 23.2 Å². The fourth-order valence-electron chi connectivity index (χ4n) is 2.29. The van der Waals surface area contributed by atoms with Gasteiger partial charge in [-0.2, -0.15) is 0 Å². The van der Waals surface area contributed by atoms with Crippen molar-refractivity contribution in [3.8, 4) is 0 Å². The highest BCUT2D eigenvalue weighted by molar-refractivity contribution is 9.09. The number of rotatable bonds is 4. The fraction of sp³-hybridized carbons (Fsp3) is 0.400. The zero-order valence-electron chi connectivity index (χ0n) is 15.6. The van der Waals surface area contributed by atoms with Gasteiger partial charge in [0.05, 0.1) is 13.2 Å². The number of hydrogen-bond acceptors (Lipinski definition) is 4. The molecule has 0 saturated heterocycles. The Morgan fingerprint density at radius 3 is 1.52 bits per heavy atom. The summed E-state index contributed by atoms with van der Waals surface area (Å²) in [6.45, 7) is 9.25. The van der Waals surface area contributed by atoms with E-state index in [-0.39, 0.29) is 13.2 Å². The van der Waals surface area contributed by atoms with Gasteiger partial charge >= 0.3 is 0 Å². The van der Waals surface area contributed by atoms with E-state index in [1.807, 2.05) is 26.0 Å². The number of benzene rings is 2. The molecular weight excluding hydrogens is 380 g/mol. The van der Waals surface area contributed by atoms with Crippen LogP contribution >= 0.6 is 15.9 Å². The quantitative estimate of drug-likeness (QED) is 0.454. The summed E-state index contributed by atoms with van der Waals surface area (Å²) in [4.78, 5) is 0. The van der Waals surface area contributed by atoms with Crippen molar-refractivity contribution >= 4 is 27.3 Å². The first-order valence-electron chi connectivity index (χ1n) is 8.26. The molecule has 0 aliphatic rings. The maximum Gasteiger partial charge on any atom is 0.0604 e. The number of hydrogen-bond donors (Lipinski definition) is 4. The van der Waals surface area contributed by atoms with Crippen molar-refractivity contribution in [1.82, 2.24) is 0 Å². The standard InChI is InChI=1S/C10H15NO.C8H11N.C2H5BrO/c1-8-5-9(2)7-10(6-8)11-3-4-12;1-6-3-7(2)5-8(9)4-6;3-1-2-4/h5-7,11-12H,3-4H2,1-2H3;3-5H,9H2,1-2H3;4H,1-2H2. The van der Waals surface area contributed by atoms with E-state index in [4.69, 9.17) is 15.9 Å². The lowest BCUT2D eigenvalue weighted by Crippen LogP contribution is -2.05. The van der Waals surface area contributed by atoms with E-state index >= 15 is 0 Å². The lowest BCUT2D eigenvalue weighted by atomic mass is 10.1.